The molecule has 134 valence electrons. The lowest BCUT2D eigenvalue weighted by molar-refractivity contribution is 0.282. The van der Waals surface area contributed by atoms with Crippen molar-refractivity contribution >= 4 is 11.6 Å². The van der Waals surface area contributed by atoms with Gasteiger partial charge in [-0.1, -0.05) is 25.5 Å². The molecule has 24 heavy (non-hydrogen) atoms. The lowest BCUT2D eigenvalue weighted by atomic mass is 9.98. The molecule has 0 spiro atoms. The third-order valence-corrected chi connectivity index (χ3v) is 3.79. The van der Waals surface area contributed by atoms with Crippen LogP contribution in [0.1, 0.15) is 35.0 Å². The Bertz CT molecular complexity index is 584. The van der Waals surface area contributed by atoms with Crippen molar-refractivity contribution in [3.63, 3.8) is 0 Å². The second-order valence-electron chi connectivity index (χ2n) is 5.64. The van der Waals surface area contributed by atoms with Crippen LogP contribution in [0.3, 0.4) is 0 Å². The van der Waals surface area contributed by atoms with Gasteiger partial charge in [-0.05, 0) is 38.0 Å². The smallest absolute Gasteiger partial charge is 0.238 e. The van der Waals surface area contributed by atoms with Crippen molar-refractivity contribution in [3.05, 3.63) is 47.2 Å². The number of nitrogens with two attached hydrogens (primary N) is 2. The number of likely N-dealkylation sites (tertiary alicyclic amines) is 1. The first kappa shape index (κ1) is 19.9. The molecule has 0 bridgehead atoms. The van der Waals surface area contributed by atoms with Crippen molar-refractivity contribution in [3.8, 4) is 0 Å². The summed E-state index contributed by atoms with van der Waals surface area (Å²) in [6.45, 7) is 7.66. The first-order chi connectivity index (χ1) is 11.5. The van der Waals surface area contributed by atoms with E-state index in [4.69, 9.17) is 22.4 Å². The Hall–Kier alpha value is -2.18. The maximum Gasteiger partial charge on any atom is 0.238 e. The summed E-state index contributed by atoms with van der Waals surface area (Å²) in [5, 5.41) is 15.8. The molecule has 2 aliphatic rings. The van der Waals surface area contributed by atoms with Crippen molar-refractivity contribution in [1.82, 2.24) is 4.90 Å². The second-order valence-corrected chi connectivity index (χ2v) is 5.64. The molecule has 0 unspecified atom stereocenters. The lowest BCUT2D eigenvalue weighted by Gasteiger charge is -2.29. The summed E-state index contributed by atoms with van der Waals surface area (Å²) in [5.41, 5.74) is 8.66. The maximum absolute atomic E-state index is 7.97. The molecule has 6 N–H and O–H groups in total. The van der Waals surface area contributed by atoms with E-state index in [0.717, 1.165) is 37.1 Å². The SMILES string of the molecule is CC.CC1=C/C(=C/C(=C/N2CCC(N)CC2)C(=N)ON)C(=N)C=C1.[HH]. The Morgan fingerprint density at radius 1 is 1.33 bits per heavy atom. The van der Waals surface area contributed by atoms with E-state index in [9.17, 15) is 0 Å². The zero-order valence-electron chi connectivity index (χ0n) is 14.8. The molecule has 6 heteroatoms. The number of piperidine rings is 1. The zero-order valence-corrected chi connectivity index (χ0v) is 14.8. The molecular formula is C18H31N5O. The molecule has 2 rings (SSSR count). The Morgan fingerprint density at radius 3 is 2.54 bits per heavy atom. The predicted octanol–water partition coefficient (Wildman–Crippen LogP) is 2.90. The molecule has 0 aromatic heterocycles. The van der Waals surface area contributed by atoms with Crippen molar-refractivity contribution in [2.24, 2.45) is 11.6 Å². The molecule has 1 aliphatic carbocycles. The molecule has 0 aromatic carbocycles. The highest BCUT2D eigenvalue weighted by Gasteiger charge is 2.16. The minimum absolute atomic E-state index is 0. The summed E-state index contributed by atoms with van der Waals surface area (Å²) in [4.78, 5) is 6.70. The summed E-state index contributed by atoms with van der Waals surface area (Å²) >= 11 is 0. The minimum Gasteiger partial charge on any atom is -0.391 e. The summed E-state index contributed by atoms with van der Waals surface area (Å²) in [7, 11) is 0. The molecule has 1 aliphatic heterocycles. The highest BCUT2D eigenvalue weighted by molar-refractivity contribution is 6.11. The Kier molecular flexibility index (Phi) is 8.15. The van der Waals surface area contributed by atoms with Crippen molar-refractivity contribution in [2.75, 3.05) is 13.1 Å². The maximum atomic E-state index is 7.97. The highest BCUT2D eigenvalue weighted by Crippen LogP contribution is 2.17. The van der Waals surface area contributed by atoms with Crippen LogP contribution in [0.5, 0.6) is 0 Å². The van der Waals surface area contributed by atoms with Gasteiger partial charge in [-0.25, -0.2) is 0 Å². The third-order valence-electron chi connectivity index (χ3n) is 3.79. The van der Waals surface area contributed by atoms with Gasteiger partial charge in [-0.2, -0.15) is 5.90 Å². The predicted molar refractivity (Wildman–Crippen MR) is 102 cm³/mol. The highest BCUT2D eigenvalue weighted by atomic mass is 16.6. The number of rotatable bonds is 3. The first-order valence-electron chi connectivity index (χ1n) is 8.33. The van der Waals surface area contributed by atoms with E-state index in [1.54, 1.807) is 12.2 Å². The molecule has 1 heterocycles. The quantitative estimate of drug-likeness (QED) is 0.361. The van der Waals surface area contributed by atoms with Gasteiger partial charge >= 0.3 is 0 Å². The van der Waals surface area contributed by atoms with E-state index >= 15 is 0 Å². The van der Waals surface area contributed by atoms with Crippen LogP contribution in [0.15, 0.2) is 47.2 Å². The van der Waals surface area contributed by atoms with Gasteiger partial charge in [0.1, 0.15) is 0 Å². The van der Waals surface area contributed by atoms with Gasteiger partial charge in [0.15, 0.2) is 0 Å². The number of allylic oxidation sites excluding steroid dienone is 5. The number of hydrogen-bond acceptors (Lipinski definition) is 6. The molecular weight excluding hydrogens is 302 g/mol. The molecule has 0 amide bonds. The van der Waals surface area contributed by atoms with Crippen molar-refractivity contribution in [1.29, 1.82) is 10.8 Å². The standard InChI is InChI=1S/C16H23N5O.C2H6.H2/c1-11-2-3-15(18)12(8-11)9-13(16(19)22-20)10-21-6-4-14(17)5-7-21;1-2;/h2-3,8-10,14,18-19H,4-7,17,20H2,1H3;1-2H3;1H/b12-9-,13-10-,18-15?,19-16?;;. The number of hydrogen-bond donors (Lipinski definition) is 4. The van der Waals surface area contributed by atoms with E-state index < -0.39 is 0 Å². The molecule has 0 aromatic rings. The van der Waals surface area contributed by atoms with E-state index in [2.05, 4.69) is 9.74 Å². The first-order valence-corrected chi connectivity index (χ1v) is 8.33. The summed E-state index contributed by atoms with van der Waals surface area (Å²) < 4.78 is 0. The lowest BCUT2D eigenvalue weighted by Crippen LogP contribution is -2.37. The fourth-order valence-electron chi connectivity index (χ4n) is 2.44. The number of nitrogens with one attached hydrogen (secondary N) is 2. The van der Waals surface area contributed by atoms with Crippen LogP contribution in [0, 0.1) is 10.8 Å². The van der Waals surface area contributed by atoms with Gasteiger partial charge < -0.3 is 20.9 Å². The molecule has 0 atom stereocenters. The van der Waals surface area contributed by atoms with E-state index in [-0.39, 0.29) is 13.4 Å². The molecule has 6 nitrogen and oxygen atoms in total. The van der Waals surface area contributed by atoms with Crippen molar-refractivity contribution < 1.29 is 6.26 Å². The Labute approximate surface area is 146 Å². The van der Waals surface area contributed by atoms with Crippen LogP contribution in [0.25, 0.3) is 0 Å². The second kappa shape index (κ2) is 9.85. The zero-order chi connectivity index (χ0) is 18.1. The summed E-state index contributed by atoms with van der Waals surface area (Å²) in [6.07, 6.45) is 11.0. The van der Waals surface area contributed by atoms with Gasteiger partial charge in [0.25, 0.3) is 0 Å². The monoisotopic (exact) mass is 333 g/mol. The fourth-order valence-corrected chi connectivity index (χ4v) is 2.44. The van der Waals surface area contributed by atoms with Crippen LogP contribution in [-0.4, -0.2) is 35.6 Å². The third kappa shape index (κ3) is 5.79. The average molecular weight is 333 g/mol. The Balaban J connectivity index is 0.00000185. The summed E-state index contributed by atoms with van der Waals surface area (Å²) in [6, 6.07) is 0.249. The largest absolute Gasteiger partial charge is 0.391 e. The van der Waals surface area contributed by atoms with Crippen LogP contribution < -0.4 is 11.6 Å². The minimum atomic E-state index is -0.115. The van der Waals surface area contributed by atoms with E-state index in [1.165, 1.54) is 0 Å². The molecule has 1 fully saturated rings. The van der Waals surface area contributed by atoms with Crippen molar-refractivity contribution in [2.45, 2.75) is 39.7 Å². The van der Waals surface area contributed by atoms with Crippen LogP contribution in [0.4, 0.5) is 0 Å². The fraction of sp³-hybridized carbons (Fsp3) is 0.444. The topological polar surface area (TPSA) is 112 Å². The molecule has 0 saturated carbocycles. The normalized spacial score (nSPS) is 20.5. The van der Waals surface area contributed by atoms with Gasteiger partial charge in [-0.15, -0.1) is 0 Å². The van der Waals surface area contributed by atoms with Crippen LogP contribution in [-0.2, 0) is 4.84 Å². The van der Waals surface area contributed by atoms with E-state index in [1.807, 2.05) is 39.1 Å². The van der Waals surface area contributed by atoms with Gasteiger partial charge in [-0.3, -0.25) is 5.41 Å². The van der Waals surface area contributed by atoms with Crippen LogP contribution >= 0.6 is 0 Å². The molecule has 0 radical (unpaired) electrons. The van der Waals surface area contributed by atoms with Crippen LogP contribution in [0.2, 0.25) is 0 Å². The summed E-state index contributed by atoms with van der Waals surface area (Å²) in [5.74, 6) is 5.04. The van der Waals surface area contributed by atoms with E-state index in [0.29, 0.717) is 11.3 Å². The molecule has 1 saturated heterocycles. The Morgan fingerprint density at radius 2 is 1.96 bits per heavy atom. The average Bonchev–Trinajstić information content (AvgIpc) is 2.60. The van der Waals surface area contributed by atoms with Gasteiger partial charge in [0.05, 0.1) is 11.3 Å². The number of nitrogens with zero attached hydrogens (tertiary/aromatic N) is 1. The van der Waals surface area contributed by atoms with Gasteiger partial charge in [0.2, 0.25) is 5.90 Å². The van der Waals surface area contributed by atoms with Gasteiger partial charge in [0, 0.05) is 32.3 Å².